The van der Waals surface area contributed by atoms with Crippen molar-refractivity contribution in [1.82, 2.24) is 45.0 Å². The predicted octanol–water partition coefficient (Wildman–Crippen LogP) is 5.09. The molecule has 3 N–H and O–H groups in total. The number of nitrogens with one attached hydrogen (secondary N) is 2. The van der Waals surface area contributed by atoms with Crippen molar-refractivity contribution in [3.05, 3.63) is 58.2 Å². The number of amides is 4. The Bertz CT molecular complexity index is 2370. The summed E-state index contributed by atoms with van der Waals surface area (Å²) in [7, 11) is 7.30. The smallest absolute Gasteiger partial charge is 0.355 e. The number of urea groups is 1. The standard InChI is InChI=1S/C47H65N9O7S/c1-11-55-37-16-15-31-20-33(37)34(41(55)32-14-12-18-48-39(32)29(4)62-10)22-46(5,6)27-63-44(59)47(61)17-13-19-56(51-47)43(58)35(21-38-49-36(31)26-64-38)50-42(57)40(28(2)3)53(9)45(60)54-24-30(25-54)23-52(7)8/h12,14-16,18,20,26,28-30,35,40,51,61H,11,13,17,19,21-25,27H2,1-10H3,(H,50,57)/t29-,35-,40-,47-/m0/s1. The van der Waals surface area contributed by atoms with Gasteiger partial charge >= 0.3 is 12.0 Å². The van der Waals surface area contributed by atoms with E-state index >= 15 is 0 Å². The van der Waals surface area contributed by atoms with Gasteiger partial charge in [-0.3, -0.25) is 19.6 Å². The molecule has 6 heterocycles. The van der Waals surface area contributed by atoms with E-state index < -0.39 is 41.0 Å². The number of aromatic nitrogens is 3. The molecule has 17 heteroatoms. The summed E-state index contributed by atoms with van der Waals surface area (Å²) >= 11 is 1.38. The third-order valence-electron chi connectivity index (χ3n) is 12.7. The largest absolute Gasteiger partial charge is 0.462 e. The van der Waals surface area contributed by atoms with Gasteiger partial charge in [-0.2, -0.15) is 5.43 Å². The Labute approximate surface area is 380 Å². The van der Waals surface area contributed by atoms with Crippen molar-refractivity contribution in [3.63, 3.8) is 0 Å². The molecule has 3 aliphatic rings. The molecule has 0 saturated carbocycles. The molecule has 2 fully saturated rings. The number of carbonyl (C=O) groups excluding carboxylic acids is 4. The summed E-state index contributed by atoms with van der Waals surface area (Å²) in [5.41, 5.74) is 6.39. The SMILES string of the molecule is CCn1c(-c2cccnc2[C@H](C)OC)c2c3cc(ccc31)-c1csc(n1)C[C@H](NC(=O)[C@H](C(C)C)N(C)C(=O)N1CC(CN(C)C)C1)C(=O)N1CCC[C@@](O)(N1)C(=O)OCC(C)(C)C2. The van der Waals surface area contributed by atoms with Crippen molar-refractivity contribution in [1.29, 1.82) is 0 Å². The molecule has 3 aliphatic heterocycles. The van der Waals surface area contributed by atoms with Crippen LogP contribution in [0.4, 0.5) is 4.79 Å². The lowest BCUT2D eigenvalue weighted by molar-refractivity contribution is -0.189. The number of hydrogen-bond acceptors (Lipinski definition) is 12. The van der Waals surface area contributed by atoms with Gasteiger partial charge < -0.3 is 39.2 Å². The van der Waals surface area contributed by atoms with Crippen LogP contribution < -0.4 is 10.7 Å². The predicted molar refractivity (Wildman–Crippen MR) is 246 cm³/mol. The number of pyridine rings is 1. The fourth-order valence-electron chi connectivity index (χ4n) is 9.49. The van der Waals surface area contributed by atoms with Gasteiger partial charge in [-0.25, -0.2) is 14.6 Å². The highest BCUT2D eigenvalue weighted by atomic mass is 32.1. The second-order valence-corrected chi connectivity index (χ2v) is 20.1. The van der Waals surface area contributed by atoms with E-state index in [1.54, 1.807) is 25.3 Å². The molecule has 4 atom stereocenters. The topological polar surface area (TPSA) is 175 Å². The molecule has 6 bridgehead atoms. The minimum Gasteiger partial charge on any atom is -0.462 e. The van der Waals surface area contributed by atoms with Crippen LogP contribution in [0.15, 0.2) is 41.9 Å². The summed E-state index contributed by atoms with van der Waals surface area (Å²) in [5.74, 6) is -1.88. The molecule has 0 radical (unpaired) electrons. The number of rotatable bonds is 10. The molecule has 16 nitrogen and oxygen atoms in total. The van der Waals surface area contributed by atoms with Crippen LogP contribution in [0.5, 0.6) is 0 Å². The lowest BCUT2D eigenvalue weighted by Gasteiger charge is -2.44. The average molecular weight is 900 g/mol. The minimum absolute atomic E-state index is 0.00944. The van der Waals surface area contributed by atoms with Crippen molar-refractivity contribution in [3.8, 4) is 22.5 Å². The van der Waals surface area contributed by atoms with Gasteiger partial charge in [-0.05, 0) is 76.5 Å². The number of carbonyl (C=O) groups is 4. The van der Waals surface area contributed by atoms with Gasteiger partial charge in [0.2, 0.25) is 11.6 Å². The van der Waals surface area contributed by atoms with Crippen molar-refractivity contribution >= 4 is 46.1 Å². The zero-order valence-corrected chi connectivity index (χ0v) is 39.8. The lowest BCUT2D eigenvalue weighted by Crippen LogP contribution is -2.67. The van der Waals surface area contributed by atoms with Gasteiger partial charge in [0.05, 0.1) is 34.8 Å². The van der Waals surface area contributed by atoms with Gasteiger partial charge in [-0.15, -0.1) is 11.3 Å². The van der Waals surface area contributed by atoms with E-state index in [2.05, 4.69) is 51.4 Å². The molecule has 346 valence electrons. The molecule has 1 aromatic carbocycles. The first kappa shape index (κ1) is 47.0. The maximum Gasteiger partial charge on any atom is 0.355 e. The summed E-state index contributed by atoms with van der Waals surface area (Å²) in [6, 6.07) is 8.01. The van der Waals surface area contributed by atoms with Crippen LogP contribution in [0.1, 0.15) is 76.8 Å². The number of likely N-dealkylation sites (tertiary alicyclic amines) is 1. The summed E-state index contributed by atoms with van der Waals surface area (Å²) in [5, 5.41) is 19.6. The van der Waals surface area contributed by atoms with Crippen LogP contribution in [0.2, 0.25) is 0 Å². The van der Waals surface area contributed by atoms with Crippen molar-refractivity contribution in [2.24, 2.45) is 17.3 Å². The number of fused-ring (bicyclic) bond motifs is 6. The van der Waals surface area contributed by atoms with Crippen LogP contribution in [-0.4, -0.2) is 142 Å². The maximum atomic E-state index is 14.6. The number of cyclic esters (lactones) is 1. The highest BCUT2D eigenvalue weighted by Gasteiger charge is 2.46. The Hall–Kier alpha value is -4.94. The first-order valence-corrected chi connectivity index (χ1v) is 23.3. The van der Waals surface area contributed by atoms with E-state index in [9.17, 15) is 24.3 Å². The molecule has 0 spiro atoms. The highest BCUT2D eigenvalue weighted by Crippen LogP contribution is 2.42. The summed E-state index contributed by atoms with van der Waals surface area (Å²) < 4.78 is 14.0. The highest BCUT2D eigenvalue weighted by molar-refractivity contribution is 7.10. The maximum absolute atomic E-state index is 14.6. The third-order valence-corrected chi connectivity index (χ3v) is 13.6. The monoisotopic (exact) mass is 899 g/mol. The Morgan fingerprint density at radius 3 is 2.58 bits per heavy atom. The van der Waals surface area contributed by atoms with Crippen LogP contribution in [0.25, 0.3) is 33.4 Å². The Kier molecular flexibility index (Phi) is 13.9. The van der Waals surface area contributed by atoms with Crippen LogP contribution in [0, 0.1) is 17.3 Å². The fraction of sp³-hybridized carbons (Fsp3) is 0.574. The molecule has 3 aromatic heterocycles. The molecule has 2 saturated heterocycles. The number of thiazole rings is 1. The molecular formula is C47H65N9O7S. The molecule has 7 rings (SSSR count). The second kappa shape index (κ2) is 18.9. The van der Waals surface area contributed by atoms with Crippen LogP contribution >= 0.6 is 11.3 Å². The van der Waals surface area contributed by atoms with E-state index in [0.29, 0.717) is 43.4 Å². The minimum atomic E-state index is -2.20. The summed E-state index contributed by atoms with van der Waals surface area (Å²) in [6.07, 6.45) is 2.33. The number of benzene rings is 1. The number of esters is 1. The number of likely N-dealkylation sites (N-methyl/N-ethyl adjacent to an activating group) is 1. The number of aryl methyl sites for hydroxylation is 1. The molecule has 4 amide bonds. The van der Waals surface area contributed by atoms with Gasteiger partial charge in [-0.1, -0.05) is 33.8 Å². The number of hydrogen-bond donors (Lipinski definition) is 3. The number of nitrogens with zero attached hydrogens (tertiary/aromatic N) is 7. The second-order valence-electron chi connectivity index (χ2n) is 19.1. The summed E-state index contributed by atoms with van der Waals surface area (Å²) in [4.78, 5) is 71.7. The molecule has 0 unspecified atom stereocenters. The van der Waals surface area contributed by atoms with Gasteiger partial charge in [0.1, 0.15) is 12.1 Å². The number of hydrazine groups is 1. The van der Waals surface area contributed by atoms with Gasteiger partial charge in [0.15, 0.2) is 0 Å². The number of aliphatic hydroxyl groups is 1. The number of ether oxygens (including phenoxy) is 2. The average Bonchev–Trinajstić information content (AvgIpc) is 3.83. The van der Waals surface area contributed by atoms with Crippen molar-refractivity contribution in [2.75, 3.05) is 61.0 Å². The first-order valence-electron chi connectivity index (χ1n) is 22.4. The zero-order valence-electron chi connectivity index (χ0n) is 38.9. The van der Waals surface area contributed by atoms with E-state index in [0.717, 1.165) is 51.2 Å². The Balaban J connectivity index is 1.28. The zero-order chi connectivity index (χ0) is 46.2. The van der Waals surface area contributed by atoms with Crippen LogP contribution in [-0.2, 0) is 43.2 Å². The molecule has 64 heavy (non-hydrogen) atoms. The van der Waals surface area contributed by atoms with Crippen LogP contribution in [0.3, 0.4) is 0 Å². The third kappa shape index (κ3) is 9.55. The van der Waals surface area contributed by atoms with Crippen molar-refractivity contribution in [2.45, 2.75) is 97.7 Å². The molecule has 0 aliphatic carbocycles. The van der Waals surface area contributed by atoms with Gasteiger partial charge in [0, 0.05) is 105 Å². The summed E-state index contributed by atoms with van der Waals surface area (Å²) in [6.45, 7) is 14.8. The molecular weight excluding hydrogens is 835 g/mol. The normalized spacial score (nSPS) is 21.7. The van der Waals surface area contributed by atoms with E-state index in [-0.39, 0.29) is 44.0 Å². The van der Waals surface area contributed by atoms with Gasteiger partial charge in [0.25, 0.3) is 5.91 Å². The Morgan fingerprint density at radius 1 is 1.14 bits per heavy atom. The number of methoxy groups -OCH3 is 1. The fourth-order valence-corrected chi connectivity index (χ4v) is 10.3. The molecule has 4 aromatic rings. The van der Waals surface area contributed by atoms with E-state index in [1.165, 1.54) is 21.2 Å². The Morgan fingerprint density at radius 2 is 1.89 bits per heavy atom. The quantitative estimate of drug-likeness (QED) is 0.181. The lowest BCUT2D eigenvalue weighted by atomic mass is 9.84. The van der Waals surface area contributed by atoms with Crippen molar-refractivity contribution < 1.29 is 33.8 Å². The van der Waals surface area contributed by atoms with E-state index in [1.807, 2.05) is 60.2 Å². The first-order chi connectivity index (χ1) is 30.3. The van der Waals surface area contributed by atoms with E-state index in [4.69, 9.17) is 19.4 Å².